The summed E-state index contributed by atoms with van der Waals surface area (Å²) in [5.41, 5.74) is 4.43. The molecule has 0 aromatic heterocycles. The fourth-order valence-electron chi connectivity index (χ4n) is 4.51. The number of aliphatic carboxylic acids is 1. The van der Waals surface area contributed by atoms with E-state index in [-0.39, 0.29) is 5.97 Å². The summed E-state index contributed by atoms with van der Waals surface area (Å²) in [4.78, 5) is 24.3. The average Bonchev–Trinajstić information content (AvgIpc) is 2.76. The van der Waals surface area contributed by atoms with Crippen LogP contribution in [0.1, 0.15) is 93.8 Å². The molecule has 0 spiro atoms. The van der Waals surface area contributed by atoms with Gasteiger partial charge >= 0.3 is 11.9 Å². The second-order valence-electron chi connectivity index (χ2n) is 11.5. The number of esters is 1. The molecule has 0 unspecified atom stereocenters. The first-order valence-corrected chi connectivity index (χ1v) is 12.2. The van der Waals surface area contributed by atoms with Crippen molar-refractivity contribution in [3.05, 3.63) is 76.9 Å². The number of carboxylic acid groups (broad SMARTS) is 1. The minimum absolute atomic E-state index is 0.325. The Balaban J connectivity index is 1.70. The number of hydrogen-bond donors (Lipinski definition) is 1. The summed E-state index contributed by atoms with van der Waals surface area (Å²) in [5.74, 6) is -1.18. The molecule has 182 valence electrons. The van der Waals surface area contributed by atoms with Crippen LogP contribution in [0.25, 0.3) is 5.57 Å². The van der Waals surface area contributed by atoms with Crippen molar-refractivity contribution in [2.45, 2.75) is 78.7 Å². The van der Waals surface area contributed by atoms with Crippen molar-refractivity contribution in [2.75, 3.05) is 0 Å². The van der Waals surface area contributed by atoms with E-state index in [2.05, 4.69) is 39.0 Å². The minimum atomic E-state index is -0.853. The number of carbonyl (C=O) groups is 2. The van der Waals surface area contributed by atoms with Gasteiger partial charge in [0.25, 0.3) is 0 Å². The van der Waals surface area contributed by atoms with Crippen molar-refractivity contribution >= 4 is 17.5 Å². The fourth-order valence-corrected chi connectivity index (χ4v) is 4.51. The number of carboxylic acids is 1. The molecule has 3 rings (SSSR count). The summed E-state index contributed by atoms with van der Waals surface area (Å²) in [6.07, 6.45) is 6.06. The van der Waals surface area contributed by atoms with Gasteiger partial charge in [-0.3, -0.25) is 4.79 Å². The van der Waals surface area contributed by atoms with Crippen LogP contribution in [-0.2, 0) is 16.0 Å². The third-order valence-corrected chi connectivity index (χ3v) is 6.65. The molecule has 0 saturated heterocycles. The van der Waals surface area contributed by atoms with E-state index in [0.717, 1.165) is 24.0 Å². The third-order valence-electron chi connectivity index (χ3n) is 6.65. The minimum Gasteiger partial charge on any atom is -0.481 e. The Bertz CT molecular complexity index is 1030. The predicted molar refractivity (Wildman–Crippen MR) is 137 cm³/mol. The molecule has 2 atom stereocenters. The Morgan fingerprint density at radius 2 is 1.59 bits per heavy atom. The molecular formula is C30H38O4. The normalized spacial score (nSPS) is 17.6. The smallest absolute Gasteiger partial charge is 0.338 e. The SMILES string of the molecule is CC(C)(C)OC(=O)c1ccc(C[C@@H](C(=O)O)c2ccc(C3=CC[C@H](C(C)(C)C)CC3)cc2)cc1. The lowest BCUT2D eigenvalue weighted by Crippen LogP contribution is -2.23. The maximum absolute atomic E-state index is 12.2. The van der Waals surface area contributed by atoms with Crippen molar-refractivity contribution in [2.24, 2.45) is 11.3 Å². The van der Waals surface area contributed by atoms with Crippen LogP contribution >= 0.6 is 0 Å². The third kappa shape index (κ3) is 6.82. The van der Waals surface area contributed by atoms with E-state index in [4.69, 9.17) is 4.74 Å². The second kappa shape index (κ2) is 10.2. The number of carbonyl (C=O) groups excluding carboxylic acids is 1. The van der Waals surface area contributed by atoms with Crippen molar-refractivity contribution in [3.8, 4) is 0 Å². The van der Waals surface area contributed by atoms with E-state index in [1.165, 1.54) is 17.6 Å². The molecule has 0 fully saturated rings. The molecular weight excluding hydrogens is 424 g/mol. The van der Waals surface area contributed by atoms with Gasteiger partial charge in [-0.05, 0) is 92.2 Å². The first-order valence-electron chi connectivity index (χ1n) is 12.2. The molecule has 0 aliphatic heterocycles. The highest BCUT2D eigenvalue weighted by Gasteiger charge is 2.27. The molecule has 2 aromatic carbocycles. The molecule has 0 amide bonds. The highest BCUT2D eigenvalue weighted by Crippen LogP contribution is 2.39. The number of hydrogen-bond acceptors (Lipinski definition) is 3. The number of ether oxygens (including phenoxy) is 1. The Hall–Kier alpha value is -2.88. The zero-order valence-corrected chi connectivity index (χ0v) is 21.4. The van der Waals surface area contributed by atoms with Gasteiger partial charge in [0.15, 0.2) is 0 Å². The monoisotopic (exact) mass is 462 g/mol. The lowest BCUT2D eigenvalue weighted by molar-refractivity contribution is -0.138. The van der Waals surface area contributed by atoms with Gasteiger partial charge < -0.3 is 9.84 Å². The molecule has 4 heteroatoms. The summed E-state index contributed by atoms with van der Waals surface area (Å²) in [5, 5.41) is 9.90. The zero-order valence-electron chi connectivity index (χ0n) is 21.4. The van der Waals surface area contributed by atoms with Gasteiger partial charge in [-0.1, -0.05) is 63.2 Å². The summed E-state index contributed by atoms with van der Waals surface area (Å²) < 4.78 is 5.40. The average molecular weight is 463 g/mol. The number of benzene rings is 2. The van der Waals surface area contributed by atoms with Crippen LogP contribution in [0.15, 0.2) is 54.6 Å². The summed E-state index contributed by atoms with van der Waals surface area (Å²) in [6.45, 7) is 12.4. The summed E-state index contributed by atoms with van der Waals surface area (Å²) in [6, 6.07) is 15.0. The van der Waals surface area contributed by atoms with Crippen LogP contribution in [0, 0.1) is 11.3 Å². The van der Waals surface area contributed by atoms with Crippen LogP contribution in [0.5, 0.6) is 0 Å². The van der Waals surface area contributed by atoms with Crippen molar-refractivity contribution in [3.63, 3.8) is 0 Å². The van der Waals surface area contributed by atoms with Crippen molar-refractivity contribution in [1.29, 1.82) is 0 Å². The molecule has 34 heavy (non-hydrogen) atoms. The van der Waals surface area contributed by atoms with Crippen LogP contribution < -0.4 is 0 Å². The zero-order chi connectivity index (χ0) is 25.1. The fraction of sp³-hybridized carbons (Fsp3) is 0.467. The van der Waals surface area contributed by atoms with E-state index in [0.29, 0.717) is 23.3 Å². The predicted octanol–water partition coefficient (Wildman–Crippen LogP) is 7.28. The molecule has 0 heterocycles. The van der Waals surface area contributed by atoms with Crippen molar-refractivity contribution in [1.82, 2.24) is 0 Å². The number of allylic oxidation sites excluding steroid dienone is 2. The highest BCUT2D eigenvalue weighted by molar-refractivity contribution is 5.89. The summed E-state index contributed by atoms with van der Waals surface area (Å²) >= 11 is 0. The second-order valence-corrected chi connectivity index (χ2v) is 11.5. The van der Waals surface area contributed by atoms with Gasteiger partial charge in [-0.25, -0.2) is 4.79 Å². The molecule has 2 aromatic rings. The quantitative estimate of drug-likeness (QED) is 0.458. The van der Waals surface area contributed by atoms with Crippen LogP contribution in [-0.4, -0.2) is 22.6 Å². The van der Waals surface area contributed by atoms with Crippen molar-refractivity contribution < 1.29 is 19.4 Å². The maximum Gasteiger partial charge on any atom is 0.338 e. The van der Waals surface area contributed by atoms with Gasteiger partial charge in [-0.2, -0.15) is 0 Å². The van der Waals surface area contributed by atoms with Gasteiger partial charge in [0.1, 0.15) is 5.60 Å². The lowest BCUT2D eigenvalue weighted by Gasteiger charge is -2.33. The number of rotatable bonds is 6. The maximum atomic E-state index is 12.2. The topological polar surface area (TPSA) is 63.6 Å². The lowest BCUT2D eigenvalue weighted by atomic mass is 9.72. The van der Waals surface area contributed by atoms with Gasteiger partial charge in [0.05, 0.1) is 11.5 Å². The largest absolute Gasteiger partial charge is 0.481 e. The van der Waals surface area contributed by atoms with Gasteiger partial charge in [-0.15, -0.1) is 0 Å². The summed E-state index contributed by atoms with van der Waals surface area (Å²) in [7, 11) is 0. The van der Waals surface area contributed by atoms with Crippen LogP contribution in [0.2, 0.25) is 0 Å². The Kier molecular flexibility index (Phi) is 7.70. The molecule has 4 nitrogen and oxygen atoms in total. The first kappa shape index (κ1) is 25.7. The van der Waals surface area contributed by atoms with E-state index >= 15 is 0 Å². The molecule has 0 bridgehead atoms. The molecule has 1 N–H and O–H groups in total. The molecule has 0 radical (unpaired) electrons. The molecule has 1 aliphatic carbocycles. The van der Waals surface area contributed by atoms with E-state index in [9.17, 15) is 14.7 Å². The first-order chi connectivity index (χ1) is 15.8. The van der Waals surface area contributed by atoms with Crippen LogP contribution in [0.3, 0.4) is 0 Å². The Morgan fingerprint density at radius 1 is 0.971 bits per heavy atom. The standard InChI is InChI=1S/C30H38O4/c1-29(2,3)25-17-15-22(16-18-25)21-11-13-23(14-12-21)26(27(31)32)19-20-7-9-24(10-8-20)28(33)34-30(4,5)6/h7-15,25-26H,16-19H2,1-6H3,(H,31,32)/t25-,26+/m0/s1. The van der Waals surface area contributed by atoms with E-state index < -0.39 is 17.5 Å². The van der Waals surface area contributed by atoms with Gasteiger partial charge in [0, 0.05) is 0 Å². The molecule has 0 saturated carbocycles. The Morgan fingerprint density at radius 3 is 2.06 bits per heavy atom. The van der Waals surface area contributed by atoms with E-state index in [1.807, 2.05) is 45.0 Å². The van der Waals surface area contributed by atoms with E-state index in [1.54, 1.807) is 12.1 Å². The highest BCUT2D eigenvalue weighted by atomic mass is 16.6. The van der Waals surface area contributed by atoms with Crippen LogP contribution in [0.4, 0.5) is 0 Å². The Labute approximate surface area is 204 Å². The molecule has 1 aliphatic rings. The van der Waals surface area contributed by atoms with Gasteiger partial charge in [0.2, 0.25) is 0 Å².